The Hall–Kier alpha value is -1.75. The summed E-state index contributed by atoms with van der Waals surface area (Å²) in [7, 11) is 0. The standard InChI is InChI=1S/C15H18N4S/c1-10-5-4-8-14(16-10)17-13(9-20)15-18-11-6-2-3-7-12(11)19-15/h4-8,13,20H,2-3,9H2,1H3,(H,16,17)(H,18,19). The minimum atomic E-state index is 0.0278. The second kappa shape index (κ2) is 5.71. The number of nitrogens with one attached hydrogen (secondary N) is 2. The Balaban J connectivity index is 1.89. The van der Waals surface area contributed by atoms with Crippen LogP contribution in [-0.4, -0.2) is 20.7 Å². The zero-order valence-electron chi connectivity index (χ0n) is 11.4. The third kappa shape index (κ3) is 2.72. The predicted octanol–water partition coefficient (Wildman–Crippen LogP) is 1.55. The van der Waals surface area contributed by atoms with Crippen LogP contribution in [0.25, 0.3) is 12.2 Å². The van der Waals surface area contributed by atoms with Crippen LogP contribution in [0.2, 0.25) is 0 Å². The molecular formula is C15H18N4S. The van der Waals surface area contributed by atoms with E-state index in [-0.39, 0.29) is 6.04 Å². The summed E-state index contributed by atoms with van der Waals surface area (Å²) >= 11 is 4.43. The Kier molecular flexibility index (Phi) is 3.78. The van der Waals surface area contributed by atoms with Crippen LogP contribution in [0.3, 0.4) is 0 Å². The van der Waals surface area contributed by atoms with Crippen molar-refractivity contribution >= 4 is 30.6 Å². The van der Waals surface area contributed by atoms with Crippen molar-refractivity contribution in [2.75, 3.05) is 11.1 Å². The molecule has 1 unspecified atom stereocenters. The third-order valence-electron chi connectivity index (χ3n) is 3.36. The van der Waals surface area contributed by atoms with Gasteiger partial charge in [-0.2, -0.15) is 12.6 Å². The SMILES string of the molecule is Cc1cccc(NC(CS)c2nc3c([nH]2)=CCCC=3)n1. The van der Waals surface area contributed by atoms with E-state index < -0.39 is 0 Å². The first-order valence-electron chi connectivity index (χ1n) is 6.83. The Labute approximate surface area is 123 Å². The van der Waals surface area contributed by atoms with Crippen LogP contribution in [0.5, 0.6) is 0 Å². The van der Waals surface area contributed by atoms with Crippen molar-refractivity contribution in [1.29, 1.82) is 0 Å². The van der Waals surface area contributed by atoms with Gasteiger partial charge in [0.1, 0.15) is 11.6 Å². The number of thiol groups is 1. The fraction of sp³-hybridized carbons (Fsp3) is 0.333. The molecule has 0 saturated heterocycles. The van der Waals surface area contributed by atoms with Gasteiger partial charge < -0.3 is 10.3 Å². The van der Waals surface area contributed by atoms with Crippen LogP contribution in [0.15, 0.2) is 18.2 Å². The molecule has 2 aromatic heterocycles. The van der Waals surface area contributed by atoms with E-state index in [2.05, 4.69) is 45.0 Å². The zero-order chi connectivity index (χ0) is 13.9. The minimum absolute atomic E-state index is 0.0278. The van der Waals surface area contributed by atoms with Crippen LogP contribution in [-0.2, 0) is 0 Å². The van der Waals surface area contributed by atoms with E-state index >= 15 is 0 Å². The van der Waals surface area contributed by atoms with E-state index in [0.29, 0.717) is 5.75 Å². The number of aromatic nitrogens is 3. The second-order valence-electron chi connectivity index (χ2n) is 4.95. The van der Waals surface area contributed by atoms with Crippen molar-refractivity contribution in [2.45, 2.75) is 25.8 Å². The zero-order valence-corrected chi connectivity index (χ0v) is 12.3. The molecule has 3 rings (SSSR count). The van der Waals surface area contributed by atoms with Crippen molar-refractivity contribution < 1.29 is 0 Å². The number of imidazole rings is 1. The van der Waals surface area contributed by atoms with Gasteiger partial charge in [-0.25, -0.2) is 9.97 Å². The fourth-order valence-electron chi connectivity index (χ4n) is 2.35. The topological polar surface area (TPSA) is 53.6 Å². The molecule has 2 heterocycles. The van der Waals surface area contributed by atoms with E-state index in [1.54, 1.807) is 0 Å². The van der Waals surface area contributed by atoms with Gasteiger partial charge >= 0.3 is 0 Å². The molecule has 0 fully saturated rings. The highest BCUT2D eigenvalue weighted by atomic mass is 32.1. The molecule has 1 aliphatic carbocycles. The first-order valence-corrected chi connectivity index (χ1v) is 7.47. The highest BCUT2D eigenvalue weighted by Crippen LogP contribution is 2.15. The molecule has 0 spiro atoms. The van der Waals surface area contributed by atoms with Crippen LogP contribution in [0, 0.1) is 6.92 Å². The van der Waals surface area contributed by atoms with Crippen LogP contribution in [0.4, 0.5) is 5.82 Å². The summed E-state index contributed by atoms with van der Waals surface area (Å²) in [6, 6.07) is 5.97. The maximum atomic E-state index is 4.66. The number of pyridine rings is 1. The molecule has 104 valence electrons. The van der Waals surface area contributed by atoms with E-state index in [1.165, 1.54) is 0 Å². The minimum Gasteiger partial charge on any atom is -0.359 e. The first kappa shape index (κ1) is 13.2. The van der Waals surface area contributed by atoms with Crippen molar-refractivity contribution in [2.24, 2.45) is 0 Å². The highest BCUT2D eigenvalue weighted by Gasteiger charge is 2.14. The van der Waals surface area contributed by atoms with Gasteiger partial charge in [-0.15, -0.1) is 0 Å². The predicted molar refractivity (Wildman–Crippen MR) is 85.2 cm³/mol. The van der Waals surface area contributed by atoms with Gasteiger partial charge in [-0.05, 0) is 31.9 Å². The van der Waals surface area contributed by atoms with E-state index in [0.717, 1.165) is 40.9 Å². The van der Waals surface area contributed by atoms with Crippen LogP contribution in [0.1, 0.15) is 30.4 Å². The molecule has 0 amide bonds. The number of rotatable bonds is 4. The Morgan fingerprint density at radius 1 is 1.30 bits per heavy atom. The van der Waals surface area contributed by atoms with Gasteiger partial charge in [0, 0.05) is 11.4 Å². The lowest BCUT2D eigenvalue weighted by molar-refractivity contribution is 0.812. The summed E-state index contributed by atoms with van der Waals surface area (Å²) in [5.41, 5.74) is 0.994. The molecule has 0 radical (unpaired) electrons. The van der Waals surface area contributed by atoms with Crippen molar-refractivity contribution in [3.8, 4) is 0 Å². The summed E-state index contributed by atoms with van der Waals surface area (Å²) in [4.78, 5) is 12.5. The van der Waals surface area contributed by atoms with Crippen LogP contribution >= 0.6 is 12.6 Å². The molecule has 4 nitrogen and oxygen atoms in total. The van der Waals surface area contributed by atoms with Crippen molar-refractivity contribution in [3.05, 3.63) is 40.4 Å². The second-order valence-corrected chi connectivity index (χ2v) is 5.32. The quantitative estimate of drug-likeness (QED) is 0.748. The number of anilines is 1. The summed E-state index contributed by atoms with van der Waals surface area (Å²) in [6.45, 7) is 1.98. The van der Waals surface area contributed by atoms with E-state index in [9.17, 15) is 0 Å². The molecule has 1 atom stereocenters. The molecule has 0 bridgehead atoms. The number of H-pyrrole nitrogens is 1. The smallest absolute Gasteiger partial charge is 0.130 e. The van der Waals surface area contributed by atoms with Crippen molar-refractivity contribution in [3.63, 3.8) is 0 Å². The molecule has 1 aliphatic rings. The number of nitrogens with zero attached hydrogens (tertiary/aromatic N) is 2. The molecule has 0 aliphatic heterocycles. The fourth-order valence-corrected chi connectivity index (χ4v) is 2.61. The molecule has 0 aromatic carbocycles. The maximum absolute atomic E-state index is 4.66. The Morgan fingerprint density at radius 3 is 2.90 bits per heavy atom. The van der Waals surface area contributed by atoms with Crippen LogP contribution < -0.4 is 16.0 Å². The number of hydrogen-bond donors (Lipinski definition) is 3. The molecule has 0 saturated carbocycles. The van der Waals surface area contributed by atoms with E-state index in [1.807, 2.05) is 25.1 Å². The lowest BCUT2D eigenvalue weighted by Gasteiger charge is -2.15. The average molecular weight is 286 g/mol. The molecule has 2 aromatic rings. The number of aryl methyl sites for hydroxylation is 1. The molecule has 2 N–H and O–H groups in total. The number of aromatic amines is 1. The molecule has 5 heteroatoms. The molecule has 20 heavy (non-hydrogen) atoms. The lowest BCUT2D eigenvalue weighted by Crippen LogP contribution is -2.26. The summed E-state index contributed by atoms with van der Waals surface area (Å²) in [5, 5.41) is 5.56. The van der Waals surface area contributed by atoms with Gasteiger partial charge in [0.25, 0.3) is 0 Å². The van der Waals surface area contributed by atoms with Gasteiger partial charge in [-0.1, -0.05) is 18.2 Å². The van der Waals surface area contributed by atoms with Gasteiger partial charge in [0.05, 0.1) is 16.7 Å². The third-order valence-corrected chi connectivity index (χ3v) is 3.72. The monoisotopic (exact) mass is 286 g/mol. The molecular weight excluding hydrogens is 268 g/mol. The summed E-state index contributed by atoms with van der Waals surface area (Å²) in [5.74, 6) is 2.43. The Morgan fingerprint density at radius 2 is 2.15 bits per heavy atom. The highest BCUT2D eigenvalue weighted by molar-refractivity contribution is 7.80. The van der Waals surface area contributed by atoms with Gasteiger partial charge in [0.15, 0.2) is 0 Å². The maximum Gasteiger partial charge on any atom is 0.130 e. The number of hydrogen-bond acceptors (Lipinski definition) is 4. The van der Waals surface area contributed by atoms with Crippen molar-refractivity contribution in [1.82, 2.24) is 15.0 Å². The first-order chi connectivity index (χ1) is 9.76. The average Bonchev–Trinajstić information content (AvgIpc) is 2.88. The Bertz CT molecular complexity index is 686. The number of fused-ring (bicyclic) bond motifs is 1. The normalized spacial score (nSPS) is 14.9. The largest absolute Gasteiger partial charge is 0.359 e. The lowest BCUT2D eigenvalue weighted by atomic mass is 10.2. The van der Waals surface area contributed by atoms with Gasteiger partial charge in [-0.3, -0.25) is 0 Å². The van der Waals surface area contributed by atoms with E-state index in [4.69, 9.17) is 0 Å². The van der Waals surface area contributed by atoms with Gasteiger partial charge in [0.2, 0.25) is 0 Å². The summed E-state index contributed by atoms with van der Waals surface area (Å²) in [6.07, 6.45) is 6.52. The summed E-state index contributed by atoms with van der Waals surface area (Å²) < 4.78 is 0.